The maximum Gasteiger partial charge on any atom is 0.311 e. The van der Waals surface area contributed by atoms with Crippen LogP contribution in [0, 0.1) is 11.7 Å². The number of carbonyl (C=O) groups is 1. The Morgan fingerprint density at radius 1 is 1.41 bits per heavy atom. The van der Waals surface area contributed by atoms with E-state index in [-0.39, 0.29) is 5.92 Å². The molecule has 1 aliphatic rings. The fraction of sp³-hybridized carbons (Fsp3) is 0.462. The Hall–Kier alpha value is -0.900. The van der Waals surface area contributed by atoms with Gasteiger partial charge in [-0.1, -0.05) is 18.9 Å². The molecule has 0 saturated heterocycles. The third kappa shape index (κ3) is 2.68. The van der Waals surface area contributed by atoms with E-state index in [0.29, 0.717) is 10.0 Å². The summed E-state index contributed by atoms with van der Waals surface area (Å²) in [5, 5.41) is 9.31. The number of carboxylic acid groups (broad SMARTS) is 1. The highest BCUT2D eigenvalue weighted by molar-refractivity contribution is 9.10. The Morgan fingerprint density at radius 2 is 2.06 bits per heavy atom. The van der Waals surface area contributed by atoms with Gasteiger partial charge in [-0.05, 0) is 52.4 Å². The van der Waals surface area contributed by atoms with Crippen LogP contribution in [0.1, 0.15) is 37.2 Å². The van der Waals surface area contributed by atoms with Crippen molar-refractivity contribution >= 4 is 21.9 Å². The van der Waals surface area contributed by atoms with Crippen LogP contribution in [0.5, 0.6) is 0 Å². The van der Waals surface area contributed by atoms with Crippen LogP contribution in [0.25, 0.3) is 0 Å². The highest BCUT2D eigenvalue weighted by Gasteiger charge is 2.32. The number of aliphatic carboxylic acids is 1. The van der Waals surface area contributed by atoms with Gasteiger partial charge in [0.2, 0.25) is 0 Å². The first kappa shape index (κ1) is 12.6. The van der Waals surface area contributed by atoms with Gasteiger partial charge < -0.3 is 5.11 Å². The van der Waals surface area contributed by atoms with Crippen LogP contribution >= 0.6 is 15.9 Å². The third-order valence-corrected chi connectivity index (χ3v) is 4.08. The number of halogens is 2. The molecule has 1 aromatic rings. The molecular weight excluding hydrogens is 287 g/mol. The Kier molecular flexibility index (Phi) is 3.82. The van der Waals surface area contributed by atoms with Crippen LogP contribution in [0.3, 0.4) is 0 Å². The lowest BCUT2D eigenvalue weighted by atomic mass is 9.85. The zero-order valence-corrected chi connectivity index (χ0v) is 10.9. The fourth-order valence-corrected chi connectivity index (χ4v) is 2.86. The van der Waals surface area contributed by atoms with Crippen molar-refractivity contribution in [2.45, 2.75) is 31.6 Å². The molecule has 1 aliphatic carbocycles. The van der Waals surface area contributed by atoms with E-state index in [1.807, 2.05) is 0 Å². The second-order valence-corrected chi connectivity index (χ2v) is 5.39. The molecule has 0 aromatic heterocycles. The molecule has 1 saturated carbocycles. The first-order valence-electron chi connectivity index (χ1n) is 5.77. The third-order valence-electron chi connectivity index (χ3n) is 3.44. The summed E-state index contributed by atoms with van der Waals surface area (Å²) in [7, 11) is 0. The number of carboxylic acids is 1. The van der Waals surface area contributed by atoms with Gasteiger partial charge in [-0.15, -0.1) is 0 Å². The second-order valence-electron chi connectivity index (χ2n) is 4.53. The Bertz CT molecular complexity index is 427. The quantitative estimate of drug-likeness (QED) is 0.918. The number of benzene rings is 1. The van der Waals surface area contributed by atoms with E-state index >= 15 is 0 Å². The Morgan fingerprint density at radius 3 is 2.59 bits per heavy atom. The summed E-state index contributed by atoms with van der Waals surface area (Å²) in [6.45, 7) is 0. The molecular formula is C13H14BrFO2. The predicted molar refractivity (Wildman–Crippen MR) is 66.4 cm³/mol. The Labute approximate surface area is 108 Å². The largest absolute Gasteiger partial charge is 0.481 e. The number of hydrogen-bond donors (Lipinski definition) is 1. The first-order valence-corrected chi connectivity index (χ1v) is 6.56. The van der Waals surface area contributed by atoms with Crippen LogP contribution in [-0.2, 0) is 4.79 Å². The molecule has 92 valence electrons. The summed E-state index contributed by atoms with van der Waals surface area (Å²) >= 11 is 3.08. The van der Waals surface area contributed by atoms with Crippen molar-refractivity contribution in [2.24, 2.45) is 5.92 Å². The zero-order chi connectivity index (χ0) is 12.4. The molecule has 0 aliphatic heterocycles. The van der Waals surface area contributed by atoms with E-state index in [1.54, 1.807) is 12.1 Å². The van der Waals surface area contributed by atoms with Crippen molar-refractivity contribution in [3.05, 3.63) is 34.1 Å². The molecule has 17 heavy (non-hydrogen) atoms. The molecule has 1 fully saturated rings. The summed E-state index contributed by atoms with van der Waals surface area (Å²) in [5.74, 6) is -1.67. The summed E-state index contributed by atoms with van der Waals surface area (Å²) in [4.78, 5) is 11.3. The van der Waals surface area contributed by atoms with Crippen LogP contribution in [0.2, 0.25) is 0 Å². The summed E-state index contributed by atoms with van der Waals surface area (Å²) in [6.07, 6.45) is 4.00. The SMILES string of the molecule is O=C(O)[C@H](c1ccc(Br)c(F)c1)C1CCCC1. The normalized spacial score (nSPS) is 18.2. The van der Waals surface area contributed by atoms with Gasteiger partial charge in [-0.25, -0.2) is 4.39 Å². The van der Waals surface area contributed by atoms with E-state index in [9.17, 15) is 14.3 Å². The van der Waals surface area contributed by atoms with E-state index in [0.717, 1.165) is 25.7 Å². The first-order chi connectivity index (χ1) is 8.09. The van der Waals surface area contributed by atoms with Crippen molar-refractivity contribution in [1.29, 1.82) is 0 Å². The van der Waals surface area contributed by atoms with Gasteiger partial charge in [0.05, 0.1) is 10.4 Å². The minimum atomic E-state index is -0.848. The molecule has 0 radical (unpaired) electrons. The van der Waals surface area contributed by atoms with Crippen molar-refractivity contribution in [2.75, 3.05) is 0 Å². The van der Waals surface area contributed by atoms with Crippen molar-refractivity contribution in [3.63, 3.8) is 0 Å². The van der Waals surface area contributed by atoms with Gasteiger partial charge >= 0.3 is 5.97 Å². The van der Waals surface area contributed by atoms with Gasteiger partial charge in [0.15, 0.2) is 0 Å². The van der Waals surface area contributed by atoms with Crippen LogP contribution < -0.4 is 0 Å². The van der Waals surface area contributed by atoms with E-state index in [4.69, 9.17) is 0 Å². The number of rotatable bonds is 3. The van der Waals surface area contributed by atoms with Gasteiger partial charge in [0, 0.05) is 0 Å². The summed E-state index contributed by atoms with van der Waals surface area (Å²) in [5.41, 5.74) is 0.574. The van der Waals surface area contributed by atoms with E-state index < -0.39 is 17.7 Å². The predicted octanol–water partition coefficient (Wildman–Crippen LogP) is 3.95. The average Bonchev–Trinajstić information content (AvgIpc) is 2.76. The molecule has 4 heteroatoms. The van der Waals surface area contributed by atoms with Crippen LogP contribution in [0.15, 0.2) is 22.7 Å². The second kappa shape index (κ2) is 5.17. The smallest absolute Gasteiger partial charge is 0.311 e. The maximum absolute atomic E-state index is 13.5. The van der Waals surface area contributed by atoms with Crippen molar-refractivity contribution in [3.8, 4) is 0 Å². The highest BCUT2D eigenvalue weighted by atomic mass is 79.9. The molecule has 0 bridgehead atoms. The molecule has 0 unspecified atom stereocenters. The zero-order valence-electron chi connectivity index (χ0n) is 9.33. The minimum absolute atomic E-state index is 0.146. The van der Waals surface area contributed by atoms with Crippen molar-refractivity contribution < 1.29 is 14.3 Å². The monoisotopic (exact) mass is 300 g/mol. The molecule has 0 amide bonds. The van der Waals surface area contributed by atoms with E-state index in [2.05, 4.69) is 15.9 Å². The average molecular weight is 301 g/mol. The molecule has 0 heterocycles. The lowest BCUT2D eigenvalue weighted by molar-refractivity contribution is -0.140. The Balaban J connectivity index is 2.31. The molecule has 1 N–H and O–H groups in total. The van der Waals surface area contributed by atoms with Gasteiger partial charge in [0.1, 0.15) is 5.82 Å². The van der Waals surface area contributed by atoms with Gasteiger partial charge in [0.25, 0.3) is 0 Å². The highest BCUT2D eigenvalue weighted by Crippen LogP contribution is 2.38. The fourth-order valence-electron chi connectivity index (χ4n) is 2.61. The van der Waals surface area contributed by atoms with Crippen LogP contribution in [-0.4, -0.2) is 11.1 Å². The topological polar surface area (TPSA) is 37.3 Å². The maximum atomic E-state index is 13.5. The molecule has 1 atom stereocenters. The summed E-state index contributed by atoms with van der Waals surface area (Å²) in [6, 6.07) is 4.61. The van der Waals surface area contributed by atoms with Crippen molar-refractivity contribution in [1.82, 2.24) is 0 Å². The minimum Gasteiger partial charge on any atom is -0.481 e. The van der Waals surface area contributed by atoms with Crippen LogP contribution in [0.4, 0.5) is 4.39 Å². The molecule has 2 rings (SSSR count). The molecule has 0 spiro atoms. The lowest BCUT2D eigenvalue weighted by Gasteiger charge is -2.19. The molecule has 2 nitrogen and oxygen atoms in total. The van der Waals surface area contributed by atoms with Gasteiger partial charge in [-0.2, -0.15) is 0 Å². The standard InChI is InChI=1S/C13H14BrFO2/c14-10-6-5-9(7-11(10)15)12(13(16)17)8-3-1-2-4-8/h5-8,12H,1-4H2,(H,16,17)/t12-/m0/s1. The summed E-state index contributed by atoms with van der Waals surface area (Å²) < 4.78 is 13.8. The van der Waals surface area contributed by atoms with E-state index in [1.165, 1.54) is 6.07 Å². The van der Waals surface area contributed by atoms with Gasteiger partial charge in [-0.3, -0.25) is 4.79 Å². The number of hydrogen-bond acceptors (Lipinski definition) is 1. The molecule has 1 aromatic carbocycles. The lowest BCUT2D eigenvalue weighted by Crippen LogP contribution is -2.19.